The Balaban J connectivity index is 1.87. The molecule has 0 N–H and O–H groups in total. The van der Waals surface area contributed by atoms with Crippen LogP contribution >= 0.6 is 0 Å². The molecule has 0 atom stereocenters. The first-order valence-electron chi connectivity index (χ1n) is 5.30. The number of nitrogens with zero attached hydrogens (tertiary/aromatic N) is 4. The first kappa shape index (κ1) is 10.3. The van der Waals surface area contributed by atoms with Crippen molar-refractivity contribution in [3.05, 3.63) is 12.2 Å². The van der Waals surface area contributed by atoms with E-state index in [1.807, 2.05) is 7.05 Å². The van der Waals surface area contributed by atoms with Gasteiger partial charge in [-0.05, 0) is 25.9 Å². The highest BCUT2D eigenvalue weighted by atomic mass is 16.1. The Morgan fingerprint density at radius 3 is 2.80 bits per heavy atom. The number of carbonyl (C=O) groups is 1. The molecule has 5 heteroatoms. The van der Waals surface area contributed by atoms with Crippen molar-refractivity contribution >= 4 is 6.29 Å². The maximum atomic E-state index is 10.6. The van der Waals surface area contributed by atoms with Crippen molar-refractivity contribution in [1.82, 2.24) is 19.7 Å². The van der Waals surface area contributed by atoms with Gasteiger partial charge in [-0.2, -0.15) is 5.10 Å². The molecule has 1 aromatic heterocycles. The number of hydrogen-bond donors (Lipinski definition) is 0. The van der Waals surface area contributed by atoms with E-state index in [4.69, 9.17) is 0 Å². The van der Waals surface area contributed by atoms with Gasteiger partial charge in [0.25, 0.3) is 0 Å². The van der Waals surface area contributed by atoms with Crippen LogP contribution in [0.25, 0.3) is 0 Å². The van der Waals surface area contributed by atoms with E-state index >= 15 is 0 Å². The van der Waals surface area contributed by atoms with Gasteiger partial charge in [0.05, 0.1) is 6.54 Å². The zero-order valence-corrected chi connectivity index (χ0v) is 8.96. The van der Waals surface area contributed by atoms with Gasteiger partial charge in [-0.25, -0.2) is 4.98 Å². The molecule has 1 aliphatic heterocycles. The van der Waals surface area contributed by atoms with Crippen molar-refractivity contribution in [2.45, 2.75) is 19.4 Å². The molecule has 0 spiro atoms. The van der Waals surface area contributed by atoms with Gasteiger partial charge in [0, 0.05) is 13.0 Å². The fraction of sp³-hybridized carbons (Fsp3) is 0.700. The summed E-state index contributed by atoms with van der Waals surface area (Å²) in [4.78, 5) is 17.1. The number of piperidine rings is 1. The Kier molecular flexibility index (Phi) is 3.11. The van der Waals surface area contributed by atoms with Gasteiger partial charge in [-0.3, -0.25) is 9.58 Å². The maximum absolute atomic E-state index is 10.6. The van der Waals surface area contributed by atoms with Crippen molar-refractivity contribution in [3.63, 3.8) is 0 Å². The Hall–Kier alpha value is -1.23. The number of rotatable bonds is 3. The van der Waals surface area contributed by atoms with Gasteiger partial charge in [0.15, 0.2) is 0 Å². The Morgan fingerprint density at radius 1 is 1.53 bits per heavy atom. The zero-order chi connectivity index (χ0) is 10.7. The smallest absolute Gasteiger partial charge is 0.140 e. The predicted octanol–water partition coefficient (Wildman–Crippen LogP) is 0.226. The van der Waals surface area contributed by atoms with E-state index in [1.54, 1.807) is 11.0 Å². The summed E-state index contributed by atoms with van der Waals surface area (Å²) in [7, 11) is 1.90. The summed E-state index contributed by atoms with van der Waals surface area (Å²) in [6.07, 6.45) is 4.61. The highest BCUT2D eigenvalue weighted by Crippen LogP contribution is 2.16. The van der Waals surface area contributed by atoms with Gasteiger partial charge < -0.3 is 4.79 Å². The Bertz CT molecular complexity index is 328. The van der Waals surface area contributed by atoms with Gasteiger partial charge in [-0.15, -0.1) is 0 Å². The molecule has 5 nitrogen and oxygen atoms in total. The minimum atomic E-state index is 0.265. The molecular formula is C10H16N4O. The van der Waals surface area contributed by atoms with Gasteiger partial charge in [0.1, 0.15) is 18.4 Å². The van der Waals surface area contributed by atoms with Crippen LogP contribution in [0.5, 0.6) is 0 Å². The van der Waals surface area contributed by atoms with Crippen molar-refractivity contribution in [3.8, 4) is 0 Å². The highest BCUT2D eigenvalue weighted by molar-refractivity contribution is 5.53. The Morgan fingerprint density at radius 2 is 2.27 bits per heavy atom. The molecule has 0 saturated carbocycles. The zero-order valence-electron chi connectivity index (χ0n) is 8.96. The molecular weight excluding hydrogens is 192 g/mol. The largest absolute Gasteiger partial charge is 0.303 e. The molecule has 2 heterocycles. The average Bonchev–Trinajstić information content (AvgIpc) is 2.66. The predicted molar refractivity (Wildman–Crippen MR) is 55.1 cm³/mol. The van der Waals surface area contributed by atoms with Crippen molar-refractivity contribution in [2.24, 2.45) is 13.0 Å². The number of hydrogen-bond acceptors (Lipinski definition) is 4. The summed E-state index contributed by atoms with van der Waals surface area (Å²) < 4.78 is 1.80. The average molecular weight is 208 g/mol. The first-order chi connectivity index (χ1) is 7.29. The number of aromatic nitrogens is 3. The summed E-state index contributed by atoms with van der Waals surface area (Å²) in [6.45, 7) is 2.80. The molecule has 1 aromatic rings. The maximum Gasteiger partial charge on any atom is 0.140 e. The second-order valence-corrected chi connectivity index (χ2v) is 4.05. The Labute approximate surface area is 89.1 Å². The van der Waals surface area contributed by atoms with Gasteiger partial charge in [0.2, 0.25) is 0 Å². The lowest BCUT2D eigenvalue weighted by molar-refractivity contribution is -0.112. The SMILES string of the molecule is Cn1ncnc1CN1CCC(C=O)CC1. The van der Waals surface area contributed by atoms with E-state index in [2.05, 4.69) is 15.0 Å². The molecule has 0 unspecified atom stereocenters. The van der Waals surface area contributed by atoms with Crippen LogP contribution in [0.4, 0.5) is 0 Å². The molecule has 0 aromatic carbocycles. The van der Waals surface area contributed by atoms with E-state index in [1.165, 1.54) is 0 Å². The van der Waals surface area contributed by atoms with Crippen molar-refractivity contribution < 1.29 is 4.79 Å². The van der Waals surface area contributed by atoms with Crippen LogP contribution in [0.1, 0.15) is 18.7 Å². The quantitative estimate of drug-likeness (QED) is 0.667. The number of carbonyl (C=O) groups excluding carboxylic acids is 1. The molecule has 0 aliphatic carbocycles. The fourth-order valence-electron chi connectivity index (χ4n) is 1.91. The number of likely N-dealkylation sites (tertiary alicyclic amines) is 1. The molecule has 0 bridgehead atoms. The van der Waals surface area contributed by atoms with Crippen LogP contribution < -0.4 is 0 Å². The molecule has 2 rings (SSSR count). The lowest BCUT2D eigenvalue weighted by atomic mass is 9.99. The third-order valence-electron chi connectivity index (χ3n) is 2.99. The number of aryl methyl sites for hydroxylation is 1. The lowest BCUT2D eigenvalue weighted by Crippen LogP contribution is -2.34. The fourth-order valence-corrected chi connectivity index (χ4v) is 1.91. The van der Waals surface area contributed by atoms with E-state index < -0.39 is 0 Å². The summed E-state index contributed by atoms with van der Waals surface area (Å²) in [5.74, 6) is 1.25. The minimum absolute atomic E-state index is 0.265. The monoisotopic (exact) mass is 208 g/mol. The summed E-state index contributed by atoms with van der Waals surface area (Å²) in [5, 5.41) is 4.04. The molecule has 1 saturated heterocycles. The lowest BCUT2D eigenvalue weighted by Gasteiger charge is -2.28. The van der Waals surface area contributed by atoms with E-state index in [0.717, 1.165) is 44.6 Å². The van der Waals surface area contributed by atoms with Gasteiger partial charge >= 0.3 is 0 Å². The van der Waals surface area contributed by atoms with Gasteiger partial charge in [-0.1, -0.05) is 0 Å². The topological polar surface area (TPSA) is 51.0 Å². The van der Waals surface area contributed by atoms with Crippen LogP contribution in [0, 0.1) is 5.92 Å². The van der Waals surface area contributed by atoms with Crippen molar-refractivity contribution in [2.75, 3.05) is 13.1 Å². The summed E-state index contributed by atoms with van der Waals surface area (Å²) >= 11 is 0. The second kappa shape index (κ2) is 4.53. The standard InChI is InChI=1S/C10H16N4O/c1-13-10(11-8-12-13)6-14-4-2-9(7-15)3-5-14/h7-9H,2-6H2,1H3. The van der Waals surface area contributed by atoms with Crippen LogP contribution in [0.3, 0.4) is 0 Å². The third-order valence-corrected chi connectivity index (χ3v) is 2.99. The molecule has 15 heavy (non-hydrogen) atoms. The van der Waals surface area contributed by atoms with Crippen LogP contribution in [0.15, 0.2) is 6.33 Å². The molecule has 1 aliphatic rings. The molecule has 0 amide bonds. The van der Waals surface area contributed by atoms with Crippen molar-refractivity contribution in [1.29, 1.82) is 0 Å². The number of aldehydes is 1. The van der Waals surface area contributed by atoms with Crippen LogP contribution in [-0.4, -0.2) is 39.0 Å². The first-order valence-corrected chi connectivity index (χ1v) is 5.30. The minimum Gasteiger partial charge on any atom is -0.303 e. The highest BCUT2D eigenvalue weighted by Gasteiger charge is 2.19. The molecule has 1 fully saturated rings. The summed E-state index contributed by atoms with van der Waals surface area (Å²) in [6, 6.07) is 0. The van der Waals surface area contributed by atoms with Crippen LogP contribution in [0.2, 0.25) is 0 Å². The normalized spacial score (nSPS) is 19.3. The summed E-state index contributed by atoms with van der Waals surface area (Å²) in [5.41, 5.74) is 0. The van der Waals surface area contributed by atoms with E-state index in [-0.39, 0.29) is 5.92 Å². The second-order valence-electron chi connectivity index (χ2n) is 4.05. The van der Waals surface area contributed by atoms with E-state index in [9.17, 15) is 4.79 Å². The van der Waals surface area contributed by atoms with E-state index in [0.29, 0.717) is 0 Å². The molecule has 0 radical (unpaired) electrons. The third kappa shape index (κ3) is 2.41. The van der Waals surface area contributed by atoms with Crippen LogP contribution in [-0.2, 0) is 18.4 Å². The molecule has 82 valence electrons.